The van der Waals surface area contributed by atoms with Gasteiger partial charge in [-0.3, -0.25) is 4.72 Å². The van der Waals surface area contributed by atoms with Crippen LogP contribution >= 0.6 is 0 Å². The number of fused-ring (bicyclic) bond motifs is 2. The summed E-state index contributed by atoms with van der Waals surface area (Å²) >= 11 is 0. The van der Waals surface area contributed by atoms with Crippen molar-refractivity contribution in [3.8, 4) is 0 Å². The molecule has 5 rings (SSSR count). The van der Waals surface area contributed by atoms with Gasteiger partial charge in [-0.15, -0.1) is 0 Å². The lowest BCUT2D eigenvalue weighted by Gasteiger charge is -2.29. The van der Waals surface area contributed by atoms with Gasteiger partial charge in [0.15, 0.2) is 0 Å². The van der Waals surface area contributed by atoms with Crippen LogP contribution in [0.2, 0.25) is 0 Å². The number of rotatable bonds is 5. The minimum absolute atomic E-state index is 0.229. The molecule has 8 nitrogen and oxygen atoms in total. The van der Waals surface area contributed by atoms with Crippen LogP contribution < -0.4 is 20.3 Å². The van der Waals surface area contributed by atoms with Crippen LogP contribution in [0.15, 0.2) is 87.3 Å². The zero-order valence-electron chi connectivity index (χ0n) is 18.1. The lowest BCUT2D eigenvalue weighted by Crippen LogP contribution is -2.35. The van der Waals surface area contributed by atoms with Gasteiger partial charge < -0.3 is 20.0 Å². The summed E-state index contributed by atoms with van der Waals surface area (Å²) < 4.78 is 34.4. The Morgan fingerprint density at radius 2 is 1.85 bits per heavy atom. The third kappa shape index (κ3) is 3.81. The number of hydrogen-bond donors (Lipinski definition) is 2. The fourth-order valence-corrected chi connectivity index (χ4v) is 5.16. The molecule has 1 aliphatic heterocycles. The second-order valence-electron chi connectivity index (χ2n) is 7.99. The van der Waals surface area contributed by atoms with Gasteiger partial charge in [-0.25, -0.2) is 13.4 Å². The number of anilines is 3. The maximum absolute atomic E-state index is 13.2. The molecule has 1 atom stereocenters. The molecular weight excluding hydrogens is 438 g/mol. The second kappa shape index (κ2) is 7.95. The number of nitrogens with one attached hydrogen (secondary N) is 1. The first-order chi connectivity index (χ1) is 15.8. The van der Waals surface area contributed by atoms with Crippen LogP contribution in [-0.4, -0.2) is 28.9 Å². The van der Waals surface area contributed by atoms with E-state index in [2.05, 4.69) is 9.71 Å². The van der Waals surface area contributed by atoms with E-state index in [0.29, 0.717) is 17.0 Å². The number of benzene rings is 3. The van der Waals surface area contributed by atoms with Crippen LogP contribution in [0.25, 0.3) is 10.8 Å². The van der Waals surface area contributed by atoms with Crippen molar-refractivity contribution in [3.05, 3.63) is 78.6 Å². The lowest BCUT2D eigenvalue weighted by atomic mass is 10.1. The van der Waals surface area contributed by atoms with Crippen molar-refractivity contribution in [3.63, 3.8) is 0 Å². The molecule has 0 fully saturated rings. The standard InChI is InChI=1S/C24H23N5O3S/c1-28(2)19-10-11-20-16(14-19)4-3-5-22(20)33(30,31)27-17-6-8-18(9-7-17)29-15-26-24-21(23(29)25)12-13-32-24/h3-15,23,27H,25H2,1-2H3. The van der Waals surface area contributed by atoms with E-state index in [1.54, 1.807) is 60.0 Å². The van der Waals surface area contributed by atoms with Gasteiger partial charge in [-0.1, -0.05) is 18.2 Å². The van der Waals surface area contributed by atoms with Gasteiger partial charge in [0.05, 0.1) is 16.7 Å². The van der Waals surface area contributed by atoms with Crippen molar-refractivity contribution in [2.45, 2.75) is 11.1 Å². The van der Waals surface area contributed by atoms with Crippen LogP contribution in [0.1, 0.15) is 11.7 Å². The summed E-state index contributed by atoms with van der Waals surface area (Å²) in [7, 11) is 0.102. The molecule has 4 aromatic rings. The van der Waals surface area contributed by atoms with E-state index >= 15 is 0 Å². The van der Waals surface area contributed by atoms with Crippen molar-refractivity contribution in [1.29, 1.82) is 0 Å². The molecule has 1 aromatic heterocycles. The second-order valence-corrected chi connectivity index (χ2v) is 9.64. The van der Waals surface area contributed by atoms with E-state index < -0.39 is 16.2 Å². The van der Waals surface area contributed by atoms with E-state index in [-0.39, 0.29) is 4.90 Å². The van der Waals surface area contributed by atoms with Crippen LogP contribution in [-0.2, 0) is 10.0 Å². The normalized spacial score (nSPS) is 15.5. The van der Waals surface area contributed by atoms with E-state index in [0.717, 1.165) is 22.3 Å². The molecule has 9 heteroatoms. The maximum atomic E-state index is 13.2. The summed E-state index contributed by atoms with van der Waals surface area (Å²) in [4.78, 5) is 8.27. The highest BCUT2D eigenvalue weighted by molar-refractivity contribution is 7.93. The first-order valence-corrected chi connectivity index (χ1v) is 11.8. The van der Waals surface area contributed by atoms with Gasteiger partial charge in [-0.05, 0) is 53.9 Å². The highest BCUT2D eigenvalue weighted by atomic mass is 32.2. The molecule has 0 bridgehead atoms. The number of sulfonamides is 1. The Labute approximate surface area is 192 Å². The Balaban J connectivity index is 1.40. The third-order valence-electron chi connectivity index (χ3n) is 5.64. The first-order valence-electron chi connectivity index (χ1n) is 10.3. The number of nitrogens with zero attached hydrogens (tertiary/aromatic N) is 3. The molecule has 0 aliphatic carbocycles. The van der Waals surface area contributed by atoms with Gasteiger partial charge in [0, 0.05) is 36.5 Å². The summed E-state index contributed by atoms with van der Waals surface area (Å²) in [6.07, 6.45) is 2.72. The Morgan fingerprint density at radius 1 is 1.06 bits per heavy atom. The van der Waals surface area contributed by atoms with E-state index in [4.69, 9.17) is 10.2 Å². The average molecular weight is 462 g/mol. The maximum Gasteiger partial charge on any atom is 0.262 e. The summed E-state index contributed by atoms with van der Waals surface area (Å²) in [5.74, 6) is 0.496. The Kier molecular flexibility index (Phi) is 5.07. The van der Waals surface area contributed by atoms with E-state index in [9.17, 15) is 8.42 Å². The number of hydrogen-bond acceptors (Lipinski definition) is 7. The zero-order chi connectivity index (χ0) is 23.2. The fraction of sp³-hybridized carbons (Fsp3) is 0.125. The fourth-order valence-electron chi connectivity index (χ4n) is 3.87. The van der Waals surface area contributed by atoms with Gasteiger partial charge in [0.1, 0.15) is 12.5 Å². The Hall–Kier alpha value is -3.82. The predicted molar refractivity (Wildman–Crippen MR) is 132 cm³/mol. The molecule has 168 valence electrons. The van der Waals surface area contributed by atoms with Crippen LogP contribution in [0, 0.1) is 0 Å². The SMILES string of the molecule is CN(C)c1ccc2c(S(=O)(=O)Nc3ccc(N4C=Nc5occc5C4N)cc3)cccc2c1. The van der Waals surface area contributed by atoms with Gasteiger partial charge >= 0.3 is 0 Å². The minimum atomic E-state index is -3.79. The van der Waals surface area contributed by atoms with Crippen LogP contribution in [0.4, 0.5) is 22.9 Å². The van der Waals surface area contributed by atoms with Gasteiger partial charge in [-0.2, -0.15) is 0 Å². The minimum Gasteiger partial charge on any atom is -0.446 e. The quantitative estimate of drug-likeness (QED) is 0.455. The monoisotopic (exact) mass is 461 g/mol. The molecule has 0 radical (unpaired) electrons. The highest BCUT2D eigenvalue weighted by Crippen LogP contribution is 2.34. The molecular formula is C24H23N5O3S. The van der Waals surface area contributed by atoms with Crippen molar-refractivity contribution >= 4 is 50.1 Å². The largest absolute Gasteiger partial charge is 0.446 e. The molecule has 0 saturated carbocycles. The molecule has 0 spiro atoms. The molecule has 2 heterocycles. The van der Waals surface area contributed by atoms with E-state index in [1.165, 1.54) is 0 Å². The van der Waals surface area contributed by atoms with Crippen LogP contribution in [0.3, 0.4) is 0 Å². The molecule has 33 heavy (non-hydrogen) atoms. The van der Waals surface area contributed by atoms with Crippen molar-refractivity contribution in [2.24, 2.45) is 10.7 Å². The topological polar surface area (TPSA) is 104 Å². The summed E-state index contributed by atoms with van der Waals surface area (Å²) in [5.41, 5.74) is 9.35. The lowest BCUT2D eigenvalue weighted by molar-refractivity contribution is 0.567. The summed E-state index contributed by atoms with van der Waals surface area (Å²) in [6, 6.07) is 19.8. The molecule has 0 saturated heterocycles. The van der Waals surface area contributed by atoms with Crippen molar-refractivity contribution in [2.75, 3.05) is 28.6 Å². The van der Waals surface area contributed by atoms with Crippen molar-refractivity contribution < 1.29 is 12.8 Å². The van der Waals surface area contributed by atoms with Gasteiger partial charge in [0.25, 0.3) is 10.0 Å². The molecule has 1 unspecified atom stereocenters. The number of aliphatic imine (C=N–C) groups is 1. The van der Waals surface area contributed by atoms with Gasteiger partial charge in [0.2, 0.25) is 5.88 Å². The Bertz CT molecular complexity index is 1460. The Morgan fingerprint density at radius 3 is 2.61 bits per heavy atom. The summed E-state index contributed by atoms with van der Waals surface area (Å²) in [5, 5.41) is 1.52. The summed E-state index contributed by atoms with van der Waals surface area (Å²) in [6.45, 7) is 0. The first kappa shape index (κ1) is 21.0. The van der Waals surface area contributed by atoms with Crippen molar-refractivity contribution in [1.82, 2.24) is 0 Å². The van der Waals surface area contributed by atoms with E-state index in [1.807, 2.05) is 43.3 Å². The smallest absolute Gasteiger partial charge is 0.262 e. The third-order valence-corrected chi connectivity index (χ3v) is 7.08. The molecule has 3 aromatic carbocycles. The average Bonchev–Trinajstić information content (AvgIpc) is 3.29. The molecule has 0 amide bonds. The molecule has 3 N–H and O–H groups in total. The van der Waals surface area contributed by atoms with Crippen LogP contribution in [0.5, 0.6) is 0 Å². The number of furan rings is 1. The molecule has 1 aliphatic rings. The zero-order valence-corrected chi connectivity index (χ0v) is 19.0. The predicted octanol–water partition coefficient (Wildman–Crippen LogP) is 4.44. The number of nitrogens with two attached hydrogens (primary N) is 1. The highest BCUT2D eigenvalue weighted by Gasteiger charge is 2.24.